The van der Waals surface area contributed by atoms with E-state index in [1.165, 1.54) is 0 Å². The molecule has 0 aliphatic rings. The average molecular weight is 411 g/mol. The summed E-state index contributed by atoms with van der Waals surface area (Å²) >= 11 is 5.79. The summed E-state index contributed by atoms with van der Waals surface area (Å²) in [7, 11) is 0. The summed E-state index contributed by atoms with van der Waals surface area (Å²) in [6, 6.07) is 13.6. The third kappa shape index (κ3) is 7.74. The molecule has 5 nitrogen and oxygen atoms in total. The van der Waals surface area contributed by atoms with Crippen molar-refractivity contribution in [1.82, 2.24) is 0 Å². The fraction of sp³-hybridized carbons (Fsp3) is 0.381. The molecule has 2 aromatic carbocycles. The molecule has 0 aliphatic heterocycles. The SMILES string of the molecule is CC(C)OC(Cc1cccc(OCC(F)COc2ccc(Cl)cc2)c1)C(=O)O. The third-order valence-electron chi connectivity index (χ3n) is 3.71. The highest BCUT2D eigenvalue weighted by atomic mass is 35.5. The molecule has 2 unspecified atom stereocenters. The van der Waals surface area contributed by atoms with E-state index in [2.05, 4.69) is 0 Å². The van der Waals surface area contributed by atoms with Gasteiger partial charge in [0.2, 0.25) is 0 Å². The highest BCUT2D eigenvalue weighted by molar-refractivity contribution is 6.30. The second-order valence-corrected chi connectivity index (χ2v) is 6.97. The molecular formula is C21H24ClFO5. The van der Waals surface area contributed by atoms with Crippen LogP contribution in [0.5, 0.6) is 11.5 Å². The van der Waals surface area contributed by atoms with Gasteiger partial charge in [0.1, 0.15) is 24.7 Å². The first-order valence-corrected chi connectivity index (χ1v) is 9.33. The fourth-order valence-corrected chi connectivity index (χ4v) is 2.58. The number of aliphatic carboxylic acids is 1. The first-order valence-electron chi connectivity index (χ1n) is 8.96. The Labute approximate surface area is 169 Å². The molecular weight excluding hydrogens is 387 g/mol. The van der Waals surface area contributed by atoms with Gasteiger partial charge < -0.3 is 19.3 Å². The van der Waals surface area contributed by atoms with Crippen molar-refractivity contribution in [2.75, 3.05) is 13.2 Å². The van der Waals surface area contributed by atoms with Gasteiger partial charge >= 0.3 is 5.97 Å². The van der Waals surface area contributed by atoms with Crippen molar-refractivity contribution >= 4 is 17.6 Å². The number of benzene rings is 2. The molecule has 0 bridgehead atoms. The van der Waals surface area contributed by atoms with Gasteiger partial charge in [0.05, 0.1) is 6.10 Å². The number of ether oxygens (including phenoxy) is 3. The molecule has 1 N–H and O–H groups in total. The highest BCUT2D eigenvalue weighted by Gasteiger charge is 2.20. The zero-order chi connectivity index (χ0) is 20.5. The molecule has 0 amide bonds. The van der Waals surface area contributed by atoms with Crippen molar-refractivity contribution in [1.29, 1.82) is 0 Å². The Hall–Kier alpha value is -2.31. The molecule has 2 aromatic rings. The van der Waals surface area contributed by atoms with Crippen LogP contribution in [0.3, 0.4) is 0 Å². The molecule has 0 fully saturated rings. The summed E-state index contributed by atoms with van der Waals surface area (Å²) in [5.41, 5.74) is 0.735. The number of halogens is 2. The molecule has 0 spiro atoms. The van der Waals surface area contributed by atoms with Gasteiger partial charge in [-0.3, -0.25) is 0 Å². The van der Waals surface area contributed by atoms with E-state index in [-0.39, 0.29) is 25.7 Å². The molecule has 0 aliphatic carbocycles. The van der Waals surface area contributed by atoms with E-state index in [0.29, 0.717) is 16.5 Å². The van der Waals surface area contributed by atoms with Crippen molar-refractivity contribution in [3.63, 3.8) is 0 Å². The van der Waals surface area contributed by atoms with E-state index >= 15 is 0 Å². The van der Waals surface area contributed by atoms with E-state index < -0.39 is 18.2 Å². The van der Waals surface area contributed by atoms with E-state index in [0.717, 1.165) is 5.56 Å². The van der Waals surface area contributed by atoms with Gasteiger partial charge in [-0.1, -0.05) is 23.7 Å². The van der Waals surface area contributed by atoms with Gasteiger partial charge in [-0.2, -0.15) is 0 Å². The minimum atomic E-state index is -1.32. The van der Waals surface area contributed by atoms with Crippen molar-refractivity contribution < 1.29 is 28.5 Å². The summed E-state index contributed by atoms with van der Waals surface area (Å²) in [4.78, 5) is 11.3. The van der Waals surface area contributed by atoms with Gasteiger partial charge in [-0.05, 0) is 55.8 Å². The molecule has 0 aromatic heterocycles. The smallest absolute Gasteiger partial charge is 0.333 e. The Morgan fingerprint density at radius 1 is 1.07 bits per heavy atom. The summed E-state index contributed by atoms with van der Waals surface area (Å²) in [5.74, 6) is -0.0394. The van der Waals surface area contributed by atoms with Crippen LogP contribution >= 0.6 is 11.6 Å². The van der Waals surface area contributed by atoms with Crippen molar-refractivity contribution in [2.24, 2.45) is 0 Å². The summed E-state index contributed by atoms with van der Waals surface area (Å²) in [5, 5.41) is 9.85. The number of rotatable bonds is 11. The van der Waals surface area contributed by atoms with Gasteiger partial charge in [0, 0.05) is 11.4 Å². The van der Waals surface area contributed by atoms with E-state index in [1.807, 2.05) is 0 Å². The predicted molar refractivity (Wildman–Crippen MR) is 105 cm³/mol. The second-order valence-electron chi connectivity index (χ2n) is 6.54. The minimum Gasteiger partial charge on any atom is -0.490 e. The molecule has 0 heterocycles. The third-order valence-corrected chi connectivity index (χ3v) is 3.96. The van der Waals surface area contributed by atoms with E-state index in [1.54, 1.807) is 62.4 Å². The maximum atomic E-state index is 14.0. The lowest BCUT2D eigenvalue weighted by Gasteiger charge is -2.17. The minimum absolute atomic E-state index is 0.148. The number of alkyl halides is 1. The summed E-state index contributed by atoms with van der Waals surface area (Å²) < 4.78 is 30.3. The zero-order valence-corrected chi connectivity index (χ0v) is 16.6. The van der Waals surface area contributed by atoms with Gasteiger partial charge in [0.25, 0.3) is 0 Å². The van der Waals surface area contributed by atoms with Crippen LogP contribution in [0, 0.1) is 0 Å². The molecule has 0 saturated carbocycles. The quantitative estimate of drug-likeness (QED) is 0.588. The maximum Gasteiger partial charge on any atom is 0.333 e. The van der Waals surface area contributed by atoms with Crippen molar-refractivity contribution in [2.45, 2.75) is 38.6 Å². The zero-order valence-electron chi connectivity index (χ0n) is 15.8. The van der Waals surface area contributed by atoms with Gasteiger partial charge in [-0.15, -0.1) is 0 Å². The number of carboxylic acid groups (broad SMARTS) is 1. The molecule has 2 atom stereocenters. The highest BCUT2D eigenvalue weighted by Crippen LogP contribution is 2.18. The monoisotopic (exact) mass is 410 g/mol. The lowest BCUT2D eigenvalue weighted by molar-refractivity contribution is -0.153. The summed E-state index contributed by atoms with van der Waals surface area (Å²) in [6.07, 6.45) is -2.27. The van der Waals surface area contributed by atoms with Gasteiger partial charge in [-0.25, -0.2) is 9.18 Å². The summed E-state index contributed by atoms with van der Waals surface area (Å²) in [6.45, 7) is 3.23. The van der Waals surface area contributed by atoms with Crippen LogP contribution in [0.1, 0.15) is 19.4 Å². The number of carbonyl (C=O) groups is 1. The lowest BCUT2D eigenvalue weighted by Crippen LogP contribution is -2.29. The first-order chi connectivity index (χ1) is 13.3. The van der Waals surface area contributed by atoms with Crippen LogP contribution in [0.4, 0.5) is 4.39 Å². The predicted octanol–water partition coefficient (Wildman–Crippen LogP) is 4.56. The largest absolute Gasteiger partial charge is 0.490 e. The normalized spacial score (nSPS) is 13.2. The molecule has 2 rings (SSSR count). The number of hydrogen-bond donors (Lipinski definition) is 1. The number of carboxylic acids is 1. The van der Waals surface area contributed by atoms with Gasteiger partial charge in [0.15, 0.2) is 12.3 Å². The Balaban J connectivity index is 1.84. The Bertz CT molecular complexity index is 751. The Morgan fingerprint density at radius 2 is 1.71 bits per heavy atom. The molecule has 152 valence electrons. The van der Waals surface area contributed by atoms with E-state index in [4.69, 9.17) is 25.8 Å². The first kappa shape index (κ1) is 22.0. The van der Waals surface area contributed by atoms with Crippen LogP contribution in [0.25, 0.3) is 0 Å². The van der Waals surface area contributed by atoms with Crippen LogP contribution in [-0.4, -0.2) is 42.7 Å². The van der Waals surface area contributed by atoms with Crippen LogP contribution in [0.15, 0.2) is 48.5 Å². The standard InChI is InChI=1S/C21H24ClFO5/c1-14(2)28-20(21(24)25)11-15-4-3-5-19(10-15)27-13-17(23)12-26-18-8-6-16(22)7-9-18/h3-10,14,17,20H,11-13H2,1-2H3,(H,24,25). The number of hydrogen-bond acceptors (Lipinski definition) is 4. The van der Waals surface area contributed by atoms with Crippen LogP contribution < -0.4 is 9.47 Å². The second kappa shape index (κ2) is 10.9. The van der Waals surface area contributed by atoms with Crippen LogP contribution in [-0.2, 0) is 16.0 Å². The molecule has 7 heteroatoms. The topological polar surface area (TPSA) is 65.0 Å². The van der Waals surface area contributed by atoms with E-state index in [9.17, 15) is 14.3 Å². The molecule has 0 saturated heterocycles. The van der Waals surface area contributed by atoms with Crippen LogP contribution in [0.2, 0.25) is 5.02 Å². The lowest BCUT2D eigenvalue weighted by atomic mass is 10.1. The maximum absolute atomic E-state index is 14.0. The Morgan fingerprint density at radius 3 is 2.32 bits per heavy atom. The fourth-order valence-electron chi connectivity index (χ4n) is 2.45. The molecule has 28 heavy (non-hydrogen) atoms. The van der Waals surface area contributed by atoms with Crippen molar-refractivity contribution in [3.05, 3.63) is 59.1 Å². The average Bonchev–Trinajstić information content (AvgIpc) is 2.65. The van der Waals surface area contributed by atoms with Crippen molar-refractivity contribution in [3.8, 4) is 11.5 Å². The Kier molecular flexibility index (Phi) is 8.54. The molecule has 0 radical (unpaired) electrons.